The van der Waals surface area contributed by atoms with Crippen molar-refractivity contribution in [2.45, 2.75) is 20.3 Å². The molecule has 0 heterocycles. The van der Waals surface area contributed by atoms with E-state index < -0.39 is 0 Å². The largest absolute Gasteiger partial charge is 0.330 e. The highest BCUT2D eigenvalue weighted by atomic mass is 19.1. The van der Waals surface area contributed by atoms with E-state index in [4.69, 9.17) is 5.73 Å². The summed E-state index contributed by atoms with van der Waals surface area (Å²) in [5.74, 6) is -0.514. The number of anilines is 1. The van der Waals surface area contributed by atoms with Gasteiger partial charge < -0.3 is 11.1 Å². The third kappa shape index (κ3) is 3.31. The molecule has 0 aliphatic rings. The first-order valence-corrected chi connectivity index (χ1v) is 5.31. The lowest BCUT2D eigenvalue weighted by Crippen LogP contribution is -2.23. The monoisotopic (exact) mass is 224 g/mol. The zero-order valence-corrected chi connectivity index (χ0v) is 9.59. The van der Waals surface area contributed by atoms with Crippen LogP contribution in [0.25, 0.3) is 0 Å². The van der Waals surface area contributed by atoms with Crippen molar-refractivity contribution >= 4 is 11.6 Å². The maximum atomic E-state index is 12.8. The van der Waals surface area contributed by atoms with Crippen molar-refractivity contribution in [3.05, 3.63) is 29.6 Å². The lowest BCUT2D eigenvalue weighted by Gasteiger charge is -2.12. The Morgan fingerprint density at radius 3 is 2.81 bits per heavy atom. The van der Waals surface area contributed by atoms with Gasteiger partial charge in [0.1, 0.15) is 5.82 Å². The van der Waals surface area contributed by atoms with Crippen LogP contribution in [0, 0.1) is 18.7 Å². The fourth-order valence-corrected chi connectivity index (χ4v) is 1.40. The van der Waals surface area contributed by atoms with Gasteiger partial charge in [0.05, 0.1) is 0 Å². The number of nitrogens with one attached hydrogen (secondary N) is 1. The minimum absolute atomic E-state index is 0.0832. The third-order valence-electron chi connectivity index (χ3n) is 2.49. The summed E-state index contributed by atoms with van der Waals surface area (Å²) in [7, 11) is 0. The van der Waals surface area contributed by atoms with Crippen molar-refractivity contribution < 1.29 is 9.18 Å². The Bertz CT molecular complexity index is 379. The van der Waals surface area contributed by atoms with Gasteiger partial charge in [-0.2, -0.15) is 0 Å². The molecule has 0 spiro atoms. The topological polar surface area (TPSA) is 55.1 Å². The van der Waals surface area contributed by atoms with E-state index in [1.807, 2.05) is 6.92 Å². The highest BCUT2D eigenvalue weighted by Gasteiger charge is 2.12. The van der Waals surface area contributed by atoms with Crippen molar-refractivity contribution in [1.29, 1.82) is 0 Å². The van der Waals surface area contributed by atoms with Gasteiger partial charge in [-0.1, -0.05) is 6.92 Å². The molecule has 1 aromatic carbocycles. The summed E-state index contributed by atoms with van der Waals surface area (Å²) in [6.07, 6.45) is 0.645. The van der Waals surface area contributed by atoms with E-state index in [1.54, 1.807) is 13.0 Å². The van der Waals surface area contributed by atoms with E-state index in [9.17, 15) is 9.18 Å². The summed E-state index contributed by atoms with van der Waals surface area (Å²) in [6, 6.07) is 4.29. The molecule has 0 fully saturated rings. The number of hydrogen-bond acceptors (Lipinski definition) is 2. The molecule has 0 radical (unpaired) electrons. The Hall–Kier alpha value is -1.42. The second-order valence-electron chi connectivity index (χ2n) is 3.93. The standard InChI is InChI=1S/C12H17FN2O/c1-8(5-6-14)12(16)15-11-4-3-10(13)7-9(11)2/h3-4,7-8H,5-6,14H2,1-2H3,(H,15,16). The number of halogens is 1. The average Bonchev–Trinajstić information content (AvgIpc) is 2.22. The SMILES string of the molecule is Cc1cc(F)ccc1NC(=O)C(C)CCN. The van der Waals surface area contributed by atoms with Gasteiger partial charge in [0, 0.05) is 11.6 Å². The fraction of sp³-hybridized carbons (Fsp3) is 0.417. The molecule has 3 nitrogen and oxygen atoms in total. The predicted octanol–water partition coefficient (Wildman–Crippen LogP) is 2.06. The smallest absolute Gasteiger partial charge is 0.227 e. The Morgan fingerprint density at radius 2 is 2.25 bits per heavy atom. The maximum Gasteiger partial charge on any atom is 0.227 e. The quantitative estimate of drug-likeness (QED) is 0.822. The van der Waals surface area contributed by atoms with E-state index in [-0.39, 0.29) is 17.6 Å². The molecule has 0 aliphatic carbocycles. The fourth-order valence-electron chi connectivity index (χ4n) is 1.40. The van der Waals surface area contributed by atoms with E-state index in [1.165, 1.54) is 12.1 Å². The first kappa shape index (κ1) is 12.6. The van der Waals surface area contributed by atoms with Gasteiger partial charge in [0.15, 0.2) is 0 Å². The van der Waals surface area contributed by atoms with E-state index in [2.05, 4.69) is 5.32 Å². The number of aryl methyl sites for hydroxylation is 1. The third-order valence-corrected chi connectivity index (χ3v) is 2.49. The lowest BCUT2D eigenvalue weighted by atomic mass is 10.1. The van der Waals surface area contributed by atoms with Crippen molar-refractivity contribution in [3.63, 3.8) is 0 Å². The van der Waals surface area contributed by atoms with E-state index >= 15 is 0 Å². The summed E-state index contributed by atoms with van der Waals surface area (Å²) in [6.45, 7) is 4.06. The summed E-state index contributed by atoms with van der Waals surface area (Å²) in [4.78, 5) is 11.7. The molecule has 0 bridgehead atoms. The van der Waals surface area contributed by atoms with Gasteiger partial charge in [-0.15, -0.1) is 0 Å². The minimum Gasteiger partial charge on any atom is -0.330 e. The summed E-state index contributed by atoms with van der Waals surface area (Å²) < 4.78 is 12.8. The second kappa shape index (κ2) is 5.61. The Labute approximate surface area is 94.8 Å². The zero-order chi connectivity index (χ0) is 12.1. The molecule has 88 valence electrons. The normalized spacial score (nSPS) is 12.2. The molecular weight excluding hydrogens is 207 g/mol. The molecule has 1 atom stereocenters. The summed E-state index contributed by atoms with van der Waals surface area (Å²) in [5, 5.41) is 2.76. The molecule has 3 N–H and O–H groups in total. The Morgan fingerprint density at radius 1 is 1.56 bits per heavy atom. The van der Waals surface area contributed by atoms with Crippen LogP contribution in [-0.4, -0.2) is 12.5 Å². The Kier molecular flexibility index (Phi) is 4.43. The number of amides is 1. The van der Waals surface area contributed by atoms with Gasteiger partial charge >= 0.3 is 0 Å². The van der Waals surface area contributed by atoms with Crippen LogP contribution in [0.5, 0.6) is 0 Å². The van der Waals surface area contributed by atoms with Gasteiger partial charge in [0.25, 0.3) is 0 Å². The molecule has 1 unspecified atom stereocenters. The molecule has 0 aliphatic heterocycles. The number of rotatable bonds is 4. The molecule has 4 heteroatoms. The highest BCUT2D eigenvalue weighted by Crippen LogP contribution is 2.17. The summed E-state index contributed by atoms with van der Waals surface area (Å²) >= 11 is 0. The number of benzene rings is 1. The average molecular weight is 224 g/mol. The zero-order valence-electron chi connectivity index (χ0n) is 9.59. The number of nitrogens with two attached hydrogens (primary N) is 1. The van der Waals surface area contributed by atoms with Crippen LogP contribution in [0.2, 0.25) is 0 Å². The van der Waals surface area contributed by atoms with Gasteiger partial charge in [-0.25, -0.2) is 4.39 Å². The van der Waals surface area contributed by atoms with E-state index in [0.29, 0.717) is 24.2 Å². The lowest BCUT2D eigenvalue weighted by molar-refractivity contribution is -0.119. The van der Waals surface area contributed by atoms with Crippen molar-refractivity contribution in [2.24, 2.45) is 11.7 Å². The molecule has 0 saturated carbocycles. The van der Waals surface area contributed by atoms with Gasteiger partial charge in [0.2, 0.25) is 5.91 Å². The molecule has 1 amide bonds. The van der Waals surface area contributed by atoms with Crippen molar-refractivity contribution in [3.8, 4) is 0 Å². The highest BCUT2D eigenvalue weighted by molar-refractivity contribution is 5.92. The van der Waals surface area contributed by atoms with Crippen LogP contribution >= 0.6 is 0 Å². The van der Waals surface area contributed by atoms with Crippen molar-refractivity contribution in [1.82, 2.24) is 0 Å². The number of carbonyl (C=O) groups excluding carboxylic acids is 1. The predicted molar refractivity (Wildman–Crippen MR) is 62.6 cm³/mol. The first-order valence-electron chi connectivity index (χ1n) is 5.31. The van der Waals surface area contributed by atoms with Crippen LogP contribution in [0.3, 0.4) is 0 Å². The maximum absolute atomic E-state index is 12.8. The molecule has 0 saturated heterocycles. The van der Waals surface area contributed by atoms with Crippen LogP contribution in [-0.2, 0) is 4.79 Å². The van der Waals surface area contributed by atoms with Crippen LogP contribution < -0.4 is 11.1 Å². The number of hydrogen-bond donors (Lipinski definition) is 2. The van der Waals surface area contributed by atoms with E-state index in [0.717, 1.165) is 0 Å². The molecule has 16 heavy (non-hydrogen) atoms. The van der Waals surface area contributed by atoms with Gasteiger partial charge in [-0.05, 0) is 43.7 Å². The molecular formula is C12H17FN2O. The Balaban J connectivity index is 2.69. The minimum atomic E-state index is -0.300. The second-order valence-corrected chi connectivity index (χ2v) is 3.93. The number of carbonyl (C=O) groups is 1. The summed E-state index contributed by atoms with van der Waals surface area (Å²) in [5.41, 5.74) is 6.75. The van der Waals surface area contributed by atoms with Gasteiger partial charge in [-0.3, -0.25) is 4.79 Å². The van der Waals surface area contributed by atoms with Crippen molar-refractivity contribution in [2.75, 3.05) is 11.9 Å². The van der Waals surface area contributed by atoms with Crippen LogP contribution in [0.4, 0.5) is 10.1 Å². The molecule has 0 aromatic heterocycles. The van der Waals surface area contributed by atoms with Crippen LogP contribution in [0.15, 0.2) is 18.2 Å². The molecule has 1 rings (SSSR count). The molecule has 1 aromatic rings. The van der Waals surface area contributed by atoms with Crippen LogP contribution in [0.1, 0.15) is 18.9 Å². The first-order chi connectivity index (χ1) is 7.54.